The molecule has 0 aliphatic carbocycles. The van der Waals surface area contributed by atoms with Crippen molar-refractivity contribution in [3.8, 4) is 0 Å². The van der Waals surface area contributed by atoms with E-state index >= 15 is 0 Å². The van der Waals surface area contributed by atoms with E-state index in [0.29, 0.717) is 11.1 Å². The standard InChI is InChI=1S/C16H11ClFNO3/c1-10-2-3-11(8-15(10)19(21)22)4-7-16(20)12-5-6-14(18)13(17)9-12/h2-9H,1H3/b7-4+. The summed E-state index contributed by atoms with van der Waals surface area (Å²) in [6.07, 6.45) is 2.73. The topological polar surface area (TPSA) is 60.2 Å². The Bertz CT molecular complexity index is 787. The van der Waals surface area contributed by atoms with Crippen molar-refractivity contribution in [1.82, 2.24) is 0 Å². The first-order valence-corrected chi connectivity index (χ1v) is 6.69. The van der Waals surface area contributed by atoms with Gasteiger partial charge in [0.15, 0.2) is 5.78 Å². The number of nitrogens with zero attached hydrogens (tertiary/aromatic N) is 1. The van der Waals surface area contributed by atoms with Gasteiger partial charge in [0.25, 0.3) is 5.69 Å². The molecule has 4 nitrogen and oxygen atoms in total. The van der Waals surface area contributed by atoms with Crippen LogP contribution in [0.3, 0.4) is 0 Å². The summed E-state index contributed by atoms with van der Waals surface area (Å²) in [5.41, 5.74) is 1.29. The third-order valence-electron chi connectivity index (χ3n) is 3.06. The summed E-state index contributed by atoms with van der Waals surface area (Å²) in [6, 6.07) is 8.34. The molecular formula is C16H11ClFNO3. The molecule has 2 aromatic carbocycles. The van der Waals surface area contributed by atoms with Crippen molar-refractivity contribution in [2.45, 2.75) is 6.92 Å². The number of nitro groups is 1. The maximum Gasteiger partial charge on any atom is 0.272 e. The van der Waals surface area contributed by atoms with Gasteiger partial charge >= 0.3 is 0 Å². The number of nitro benzene ring substituents is 1. The second kappa shape index (κ2) is 6.49. The van der Waals surface area contributed by atoms with Gasteiger partial charge in [-0.15, -0.1) is 0 Å². The maximum absolute atomic E-state index is 13.0. The second-order valence-electron chi connectivity index (χ2n) is 4.63. The Morgan fingerprint density at radius 3 is 2.64 bits per heavy atom. The van der Waals surface area contributed by atoms with E-state index in [2.05, 4.69) is 0 Å². The van der Waals surface area contributed by atoms with Gasteiger partial charge in [0.05, 0.1) is 9.95 Å². The molecule has 0 fully saturated rings. The van der Waals surface area contributed by atoms with Crippen LogP contribution in [0.25, 0.3) is 6.08 Å². The van der Waals surface area contributed by atoms with E-state index in [0.717, 1.165) is 6.07 Å². The number of rotatable bonds is 4. The van der Waals surface area contributed by atoms with Crippen LogP contribution >= 0.6 is 11.6 Å². The summed E-state index contributed by atoms with van der Waals surface area (Å²) < 4.78 is 13.0. The predicted octanol–water partition coefficient (Wildman–Crippen LogP) is 4.59. The molecule has 0 saturated heterocycles. The molecule has 6 heteroatoms. The first kappa shape index (κ1) is 15.9. The van der Waals surface area contributed by atoms with Gasteiger partial charge in [-0.1, -0.05) is 29.8 Å². The van der Waals surface area contributed by atoms with Gasteiger partial charge in [-0.25, -0.2) is 4.39 Å². The molecule has 112 valence electrons. The predicted molar refractivity (Wildman–Crippen MR) is 82.6 cm³/mol. The van der Waals surface area contributed by atoms with Crippen molar-refractivity contribution >= 4 is 29.1 Å². The molecule has 0 atom stereocenters. The van der Waals surface area contributed by atoms with Crippen molar-refractivity contribution in [3.63, 3.8) is 0 Å². The zero-order chi connectivity index (χ0) is 16.3. The molecule has 0 aliphatic heterocycles. The van der Waals surface area contributed by atoms with Gasteiger partial charge < -0.3 is 0 Å². The minimum absolute atomic E-state index is 0.0144. The molecule has 0 N–H and O–H groups in total. The Labute approximate surface area is 131 Å². The smallest absolute Gasteiger partial charge is 0.272 e. The summed E-state index contributed by atoms with van der Waals surface area (Å²) in [6.45, 7) is 1.64. The summed E-state index contributed by atoms with van der Waals surface area (Å²) in [4.78, 5) is 22.4. The molecule has 2 aromatic rings. The Balaban J connectivity index is 2.24. The van der Waals surface area contributed by atoms with E-state index in [1.54, 1.807) is 19.1 Å². The fourth-order valence-corrected chi connectivity index (χ4v) is 2.02. The number of aryl methyl sites for hydroxylation is 1. The van der Waals surface area contributed by atoms with Crippen LogP contribution in [-0.2, 0) is 0 Å². The highest BCUT2D eigenvalue weighted by Gasteiger charge is 2.10. The van der Waals surface area contributed by atoms with E-state index < -0.39 is 10.7 Å². The third kappa shape index (κ3) is 3.56. The number of benzene rings is 2. The number of allylic oxidation sites excluding steroid dienone is 1. The second-order valence-corrected chi connectivity index (χ2v) is 5.04. The zero-order valence-electron chi connectivity index (χ0n) is 11.5. The van der Waals surface area contributed by atoms with Crippen LogP contribution in [-0.4, -0.2) is 10.7 Å². The Kier molecular flexibility index (Phi) is 4.68. The molecule has 0 saturated carbocycles. The van der Waals surface area contributed by atoms with Crippen LogP contribution < -0.4 is 0 Å². The largest absolute Gasteiger partial charge is 0.289 e. The molecule has 0 heterocycles. The van der Waals surface area contributed by atoms with Crippen molar-refractivity contribution in [3.05, 3.63) is 80.1 Å². The lowest BCUT2D eigenvalue weighted by Crippen LogP contribution is -1.95. The first-order valence-electron chi connectivity index (χ1n) is 6.31. The van der Waals surface area contributed by atoms with E-state index in [-0.39, 0.29) is 22.1 Å². The van der Waals surface area contributed by atoms with Crippen LogP contribution in [0.5, 0.6) is 0 Å². The molecular weight excluding hydrogens is 309 g/mol. The van der Waals surface area contributed by atoms with Gasteiger partial charge in [0.2, 0.25) is 0 Å². The molecule has 0 aromatic heterocycles. The lowest BCUT2D eigenvalue weighted by Gasteiger charge is -2.00. The molecule has 2 rings (SSSR count). The van der Waals surface area contributed by atoms with Crippen LogP contribution in [0.1, 0.15) is 21.5 Å². The fraction of sp³-hybridized carbons (Fsp3) is 0.0625. The summed E-state index contributed by atoms with van der Waals surface area (Å²) >= 11 is 5.62. The Morgan fingerprint density at radius 2 is 2.00 bits per heavy atom. The lowest BCUT2D eigenvalue weighted by atomic mass is 10.1. The average molecular weight is 320 g/mol. The van der Waals surface area contributed by atoms with Crippen LogP contribution in [0, 0.1) is 22.9 Å². The first-order chi connectivity index (χ1) is 10.4. The minimum atomic E-state index is -0.601. The summed E-state index contributed by atoms with van der Waals surface area (Å²) in [5, 5.41) is 10.7. The molecule has 22 heavy (non-hydrogen) atoms. The van der Waals surface area contributed by atoms with Crippen molar-refractivity contribution < 1.29 is 14.1 Å². The number of ketones is 1. The Hall–Kier alpha value is -2.53. The van der Waals surface area contributed by atoms with E-state index in [1.165, 1.54) is 30.4 Å². The molecule has 0 radical (unpaired) electrons. The highest BCUT2D eigenvalue weighted by molar-refractivity contribution is 6.31. The molecule has 0 bridgehead atoms. The van der Waals surface area contributed by atoms with Crippen molar-refractivity contribution in [1.29, 1.82) is 0 Å². The quantitative estimate of drug-likeness (QED) is 0.358. The normalized spacial score (nSPS) is 10.9. The van der Waals surface area contributed by atoms with Gasteiger partial charge in [0.1, 0.15) is 5.82 Å². The number of carbonyl (C=O) groups excluding carboxylic acids is 1. The highest BCUT2D eigenvalue weighted by atomic mass is 35.5. The van der Waals surface area contributed by atoms with Gasteiger partial charge in [-0.2, -0.15) is 0 Å². The summed E-state index contributed by atoms with van der Waals surface area (Å²) in [5.74, 6) is -0.971. The van der Waals surface area contributed by atoms with Crippen molar-refractivity contribution in [2.24, 2.45) is 0 Å². The van der Waals surface area contributed by atoms with Crippen LogP contribution in [0.15, 0.2) is 42.5 Å². The number of halogens is 2. The molecule has 0 aliphatic rings. The number of carbonyl (C=O) groups is 1. The zero-order valence-corrected chi connectivity index (χ0v) is 12.3. The minimum Gasteiger partial charge on any atom is -0.289 e. The van der Waals surface area contributed by atoms with Crippen LogP contribution in [0.4, 0.5) is 10.1 Å². The van der Waals surface area contributed by atoms with Crippen LogP contribution in [0.2, 0.25) is 5.02 Å². The maximum atomic E-state index is 13.0. The van der Waals surface area contributed by atoms with E-state index in [1.807, 2.05) is 0 Å². The van der Waals surface area contributed by atoms with Gasteiger partial charge in [-0.3, -0.25) is 14.9 Å². The Morgan fingerprint density at radius 1 is 1.27 bits per heavy atom. The van der Waals surface area contributed by atoms with Crippen molar-refractivity contribution in [2.75, 3.05) is 0 Å². The molecule has 0 spiro atoms. The fourth-order valence-electron chi connectivity index (χ4n) is 1.84. The number of hydrogen-bond acceptors (Lipinski definition) is 3. The average Bonchev–Trinajstić information content (AvgIpc) is 2.48. The monoisotopic (exact) mass is 319 g/mol. The highest BCUT2D eigenvalue weighted by Crippen LogP contribution is 2.21. The summed E-state index contributed by atoms with van der Waals surface area (Å²) in [7, 11) is 0. The molecule has 0 unspecified atom stereocenters. The third-order valence-corrected chi connectivity index (χ3v) is 3.35. The molecule has 0 amide bonds. The van der Waals surface area contributed by atoms with E-state index in [4.69, 9.17) is 11.6 Å². The number of hydrogen-bond donors (Lipinski definition) is 0. The lowest BCUT2D eigenvalue weighted by molar-refractivity contribution is -0.385. The van der Waals surface area contributed by atoms with Gasteiger partial charge in [-0.05, 0) is 36.8 Å². The van der Waals surface area contributed by atoms with Gasteiger partial charge in [0, 0.05) is 17.2 Å². The van der Waals surface area contributed by atoms with E-state index in [9.17, 15) is 19.3 Å². The SMILES string of the molecule is Cc1ccc(/C=C/C(=O)c2ccc(F)c(Cl)c2)cc1[N+](=O)[O-].